The molecule has 3 heteroatoms. The molecule has 1 aliphatic heterocycles. The Morgan fingerprint density at radius 3 is 2.55 bits per heavy atom. The number of likely N-dealkylation sites (tertiary alicyclic amines) is 1. The van der Waals surface area contributed by atoms with Crippen LogP contribution in [0, 0.1) is 11.3 Å². The molecule has 0 aromatic carbocycles. The highest BCUT2D eigenvalue weighted by molar-refractivity contribution is 4.92. The van der Waals surface area contributed by atoms with E-state index in [1.54, 1.807) is 0 Å². The van der Waals surface area contributed by atoms with Gasteiger partial charge in [-0.2, -0.15) is 5.26 Å². The third-order valence-corrected chi connectivity index (χ3v) is 2.13. The number of rotatable bonds is 3. The Bertz CT molecular complexity index is 147. The zero-order chi connectivity index (χ0) is 8.10. The van der Waals surface area contributed by atoms with Crippen LogP contribution in [0.1, 0.15) is 19.3 Å². The molecule has 1 aliphatic rings. The van der Waals surface area contributed by atoms with Crippen LogP contribution < -0.4 is 0 Å². The molecule has 0 saturated carbocycles. The number of hydrogen-bond donors (Lipinski definition) is 1. The molecule has 3 nitrogen and oxygen atoms in total. The van der Waals surface area contributed by atoms with Crippen LogP contribution >= 0.6 is 0 Å². The van der Waals surface area contributed by atoms with Gasteiger partial charge < -0.3 is 5.11 Å². The second kappa shape index (κ2) is 4.32. The van der Waals surface area contributed by atoms with Crippen molar-refractivity contribution < 1.29 is 5.11 Å². The van der Waals surface area contributed by atoms with Crippen LogP contribution in [0.3, 0.4) is 0 Å². The molecule has 0 aromatic heterocycles. The van der Waals surface area contributed by atoms with E-state index in [2.05, 4.69) is 11.0 Å². The van der Waals surface area contributed by atoms with E-state index in [1.807, 2.05) is 0 Å². The Balaban J connectivity index is 2.35. The largest absolute Gasteiger partial charge is 0.396 e. The minimum atomic E-state index is -0.0532. The summed E-state index contributed by atoms with van der Waals surface area (Å²) in [4.78, 5) is 2.15. The summed E-state index contributed by atoms with van der Waals surface area (Å²) < 4.78 is 0. The average molecular weight is 154 g/mol. The third kappa shape index (κ3) is 2.18. The van der Waals surface area contributed by atoms with Gasteiger partial charge >= 0.3 is 0 Å². The molecule has 0 spiro atoms. The number of aliphatic hydroxyl groups excluding tert-OH is 1. The van der Waals surface area contributed by atoms with E-state index in [0.717, 1.165) is 13.1 Å². The quantitative estimate of drug-likeness (QED) is 0.638. The summed E-state index contributed by atoms with van der Waals surface area (Å²) in [6.45, 7) is 2.17. The van der Waals surface area contributed by atoms with Crippen LogP contribution in [-0.2, 0) is 0 Å². The van der Waals surface area contributed by atoms with Gasteiger partial charge in [0.1, 0.15) is 0 Å². The minimum absolute atomic E-state index is 0.0532. The van der Waals surface area contributed by atoms with Gasteiger partial charge in [0.25, 0.3) is 0 Å². The Morgan fingerprint density at radius 2 is 2.09 bits per heavy atom. The monoisotopic (exact) mass is 154 g/mol. The topological polar surface area (TPSA) is 47.3 Å². The van der Waals surface area contributed by atoms with Crippen molar-refractivity contribution in [2.24, 2.45) is 0 Å². The van der Waals surface area contributed by atoms with E-state index in [9.17, 15) is 0 Å². The van der Waals surface area contributed by atoms with Gasteiger partial charge in [-0.15, -0.1) is 0 Å². The zero-order valence-electron chi connectivity index (χ0n) is 6.66. The van der Waals surface area contributed by atoms with Gasteiger partial charge in [-0.1, -0.05) is 0 Å². The molecule has 11 heavy (non-hydrogen) atoms. The maximum Gasteiger partial charge on any atom is 0.0999 e. The van der Waals surface area contributed by atoms with Crippen molar-refractivity contribution in [1.82, 2.24) is 4.90 Å². The normalized spacial score (nSPS) is 21.5. The maximum absolute atomic E-state index is 8.71. The summed E-state index contributed by atoms with van der Waals surface area (Å²) in [7, 11) is 0. The summed E-state index contributed by atoms with van der Waals surface area (Å²) in [6.07, 6.45) is 2.99. The molecule has 1 fully saturated rings. The molecule has 0 aromatic rings. The first-order chi connectivity index (χ1) is 5.38. The van der Waals surface area contributed by atoms with E-state index in [1.165, 1.54) is 12.8 Å². The summed E-state index contributed by atoms with van der Waals surface area (Å²) in [6, 6.07) is 2.16. The highest BCUT2D eigenvalue weighted by Crippen LogP contribution is 2.12. The maximum atomic E-state index is 8.71. The van der Waals surface area contributed by atoms with Crippen molar-refractivity contribution in [2.45, 2.75) is 25.3 Å². The number of nitriles is 1. The van der Waals surface area contributed by atoms with Crippen molar-refractivity contribution in [1.29, 1.82) is 5.26 Å². The highest BCUT2D eigenvalue weighted by atomic mass is 16.3. The second-order valence-corrected chi connectivity index (χ2v) is 2.90. The fraction of sp³-hybridized carbons (Fsp3) is 0.875. The van der Waals surface area contributed by atoms with Gasteiger partial charge in [0.2, 0.25) is 0 Å². The van der Waals surface area contributed by atoms with E-state index < -0.39 is 0 Å². The first kappa shape index (κ1) is 8.51. The molecular formula is C8H14N2O. The molecule has 0 radical (unpaired) electrons. The van der Waals surface area contributed by atoms with Crippen LogP contribution in [0.5, 0.6) is 0 Å². The molecule has 1 saturated heterocycles. The molecule has 1 atom stereocenters. The lowest BCUT2D eigenvalue weighted by Gasteiger charge is -2.19. The number of hydrogen-bond acceptors (Lipinski definition) is 3. The summed E-state index contributed by atoms with van der Waals surface area (Å²) in [5.41, 5.74) is 0. The van der Waals surface area contributed by atoms with Crippen LogP contribution in [0.25, 0.3) is 0 Å². The molecular weight excluding hydrogens is 140 g/mol. The van der Waals surface area contributed by atoms with E-state index in [4.69, 9.17) is 10.4 Å². The molecule has 62 valence electrons. The predicted molar refractivity (Wildman–Crippen MR) is 41.9 cm³/mol. The molecule has 0 aliphatic carbocycles. The van der Waals surface area contributed by atoms with Crippen LogP contribution in [-0.4, -0.2) is 35.7 Å². The van der Waals surface area contributed by atoms with Gasteiger partial charge in [-0.05, 0) is 32.4 Å². The molecule has 1 N–H and O–H groups in total. The van der Waals surface area contributed by atoms with Gasteiger partial charge in [0.15, 0.2) is 0 Å². The first-order valence-electron chi connectivity index (χ1n) is 4.13. The standard InChI is InChI=1S/C8H14N2O/c9-7-8(3-6-11)10-4-1-2-5-10/h8,11H,1-6H2. The van der Waals surface area contributed by atoms with Crippen molar-refractivity contribution in [2.75, 3.05) is 19.7 Å². The zero-order valence-corrected chi connectivity index (χ0v) is 6.66. The molecule has 1 heterocycles. The van der Waals surface area contributed by atoms with E-state index in [-0.39, 0.29) is 12.6 Å². The smallest absolute Gasteiger partial charge is 0.0999 e. The molecule has 1 unspecified atom stereocenters. The van der Waals surface area contributed by atoms with E-state index in [0.29, 0.717) is 6.42 Å². The lowest BCUT2D eigenvalue weighted by Crippen LogP contribution is -2.32. The Kier molecular flexibility index (Phi) is 3.34. The highest BCUT2D eigenvalue weighted by Gasteiger charge is 2.20. The molecule has 0 bridgehead atoms. The second-order valence-electron chi connectivity index (χ2n) is 2.90. The van der Waals surface area contributed by atoms with Crippen LogP contribution in [0.4, 0.5) is 0 Å². The van der Waals surface area contributed by atoms with Crippen molar-refractivity contribution in [3.05, 3.63) is 0 Å². The summed E-state index contributed by atoms with van der Waals surface area (Å²) >= 11 is 0. The summed E-state index contributed by atoms with van der Waals surface area (Å²) in [5, 5.41) is 17.4. The average Bonchev–Trinajstić information content (AvgIpc) is 2.52. The van der Waals surface area contributed by atoms with Gasteiger partial charge in [-0.3, -0.25) is 4.90 Å². The number of nitrogens with zero attached hydrogens (tertiary/aromatic N) is 2. The Labute approximate surface area is 67.2 Å². The lowest BCUT2D eigenvalue weighted by atomic mass is 10.2. The third-order valence-electron chi connectivity index (χ3n) is 2.13. The SMILES string of the molecule is N#CC(CCO)N1CCCC1. The van der Waals surface area contributed by atoms with Crippen molar-refractivity contribution in [3.8, 4) is 6.07 Å². The lowest BCUT2D eigenvalue weighted by molar-refractivity contribution is 0.216. The van der Waals surface area contributed by atoms with Gasteiger partial charge in [0, 0.05) is 6.61 Å². The predicted octanol–water partition coefficient (Wildman–Crippen LogP) is 0.357. The fourth-order valence-corrected chi connectivity index (χ4v) is 1.50. The Morgan fingerprint density at radius 1 is 1.45 bits per heavy atom. The van der Waals surface area contributed by atoms with Crippen LogP contribution in [0.15, 0.2) is 0 Å². The van der Waals surface area contributed by atoms with Crippen molar-refractivity contribution >= 4 is 0 Å². The van der Waals surface area contributed by atoms with Crippen LogP contribution in [0.2, 0.25) is 0 Å². The number of aliphatic hydroxyl groups is 1. The van der Waals surface area contributed by atoms with Gasteiger partial charge in [0.05, 0.1) is 12.1 Å². The molecule has 1 rings (SSSR count). The van der Waals surface area contributed by atoms with Gasteiger partial charge in [-0.25, -0.2) is 0 Å². The molecule has 0 amide bonds. The Hall–Kier alpha value is -0.590. The first-order valence-corrected chi connectivity index (χ1v) is 4.13. The minimum Gasteiger partial charge on any atom is -0.396 e. The van der Waals surface area contributed by atoms with E-state index >= 15 is 0 Å². The summed E-state index contributed by atoms with van der Waals surface area (Å²) in [5.74, 6) is 0. The fourth-order valence-electron chi connectivity index (χ4n) is 1.50. The van der Waals surface area contributed by atoms with Crippen molar-refractivity contribution in [3.63, 3.8) is 0 Å².